The van der Waals surface area contributed by atoms with Gasteiger partial charge in [-0.25, -0.2) is 0 Å². The maximum Gasteiger partial charge on any atom is 0.254 e. The van der Waals surface area contributed by atoms with E-state index in [2.05, 4.69) is 22.5 Å². The van der Waals surface area contributed by atoms with Gasteiger partial charge in [0.15, 0.2) is 5.82 Å². The fourth-order valence-corrected chi connectivity index (χ4v) is 4.46. The quantitative estimate of drug-likeness (QED) is 0.582. The number of nitrogens with zero attached hydrogens (tertiary/aromatic N) is 3. The van der Waals surface area contributed by atoms with Gasteiger partial charge in [-0.3, -0.25) is 9.48 Å². The van der Waals surface area contributed by atoms with Crippen molar-refractivity contribution in [3.63, 3.8) is 0 Å². The van der Waals surface area contributed by atoms with Gasteiger partial charge in [-0.05, 0) is 63.3 Å². The number of anilines is 2. The van der Waals surface area contributed by atoms with Crippen molar-refractivity contribution >= 4 is 35.2 Å². The van der Waals surface area contributed by atoms with Gasteiger partial charge in [0.2, 0.25) is 0 Å². The van der Waals surface area contributed by atoms with E-state index in [1.165, 1.54) is 12.8 Å². The monoisotopic (exact) mass is 428 g/mol. The van der Waals surface area contributed by atoms with E-state index in [9.17, 15) is 4.79 Å². The second-order valence-electron chi connectivity index (χ2n) is 8.72. The van der Waals surface area contributed by atoms with Crippen LogP contribution in [0.1, 0.15) is 55.4 Å². The van der Waals surface area contributed by atoms with Crippen LogP contribution < -0.4 is 16.4 Å². The average molecular weight is 429 g/mol. The molecular weight excluding hydrogens is 400 g/mol. The van der Waals surface area contributed by atoms with Crippen LogP contribution in [0.4, 0.5) is 11.5 Å². The Hall–Kier alpha value is -2.38. The molecule has 0 aliphatic heterocycles. The van der Waals surface area contributed by atoms with E-state index in [1.807, 2.05) is 30.1 Å². The summed E-state index contributed by atoms with van der Waals surface area (Å²) in [5, 5.41) is 12.4. The van der Waals surface area contributed by atoms with Crippen molar-refractivity contribution in [3.05, 3.63) is 41.0 Å². The molecular formula is C22H29ClN6O. The van der Waals surface area contributed by atoms with Gasteiger partial charge in [0.1, 0.15) is 5.56 Å². The van der Waals surface area contributed by atoms with E-state index in [-0.39, 0.29) is 12.0 Å². The minimum Gasteiger partial charge on any atom is -0.365 e. The minimum absolute atomic E-state index is 0.137. The van der Waals surface area contributed by atoms with Crippen LogP contribution in [-0.2, 0) is 0 Å². The molecule has 1 aromatic carbocycles. The number of nitrogens with two attached hydrogens (primary N) is 1. The van der Waals surface area contributed by atoms with Crippen LogP contribution in [0.3, 0.4) is 0 Å². The van der Waals surface area contributed by atoms with E-state index in [0.29, 0.717) is 28.0 Å². The van der Waals surface area contributed by atoms with Crippen molar-refractivity contribution in [3.8, 4) is 0 Å². The number of carbonyl (C=O) groups is 1. The Morgan fingerprint density at radius 2 is 2.07 bits per heavy atom. The number of aliphatic imine (C=N–C) groups is 1. The Kier molecular flexibility index (Phi) is 5.84. The lowest BCUT2D eigenvalue weighted by Crippen LogP contribution is -2.44. The standard InChI is InChI=1S/C22H29ClN6O/c1-22(9-10-22)27-17-7-8-19(14(11-17)12-25-2)29-13-18(20(24)30)21(28-29)26-16-5-3-15(23)4-6-16/h3-6,12-14,17,19,27H,7-11H2,1-2H3,(H2,24,30)(H,26,28)/t14-,17+,19?/m1/s1. The van der Waals surface area contributed by atoms with Crippen LogP contribution in [-0.4, -0.2) is 40.5 Å². The van der Waals surface area contributed by atoms with Gasteiger partial charge >= 0.3 is 0 Å². The number of nitrogens with one attached hydrogen (secondary N) is 2. The lowest BCUT2D eigenvalue weighted by Gasteiger charge is -2.36. The molecule has 7 nitrogen and oxygen atoms in total. The molecule has 8 heteroatoms. The fourth-order valence-electron chi connectivity index (χ4n) is 4.33. The second-order valence-corrected chi connectivity index (χ2v) is 9.16. The van der Waals surface area contributed by atoms with Crippen LogP contribution in [0.5, 0.6) is 0 Å². The average Bonchev–Trinajstić information content (AvgIpc) is 3.27. The maximum atomic E-state index is 12.1. The zero-order valence-corrected chi connectivity index (χ0v) is 18.2. The molecule has 2 aliphatic carbocycles. The molecule has 0 bridgehead atoms. The summed E-state index contributed by atoms with van der Waals surface area (Å²) in [6, 6.07) is 7.87. The smallest absolute Gasteiger partial charge is 0.254 e. The van der Waals surface area contributed by atoms with E-state index in [0.717, 1.165) is 24.9 Å². The van der Waals surface area contributed by atoms with Gasteiger partial charge in [-0.1, -0.05) is 11.6 Å². The molecule has 0 radical (unpaired) electrons. The van der Waals surface area contributed by atoms with Gasteiger partial charge in [0, 0.05) is 47.7 Å². The molecule has 1 heterocycles. The number of benzene rings is 1. The highest BCUT2D eigenvalue weighted by Gasteiger charge is 2.41. The highest BCUT2D eigenvalue weighted by Crippen LogP contribution is 2.39. The molecule has 2 aliphatic rings. The molecule has 4 rings (SSSR count). The molecule has 0 spiro atoms. The van der Waals surface area contributed by atoms with Gasteiger partial charge in [-0.2, -0.15) is 5.10 Å². The highest BCUT2D eigenvalue weighted by atomic mass is 35.5. The Morgan fingerprint density at radius 3 is 2.70 bits per heavy atom. The summed E-state index contributed by atoms with van der Waals surface area (Å²) >= 11 is 5.96. The van der Waals surface area contributed by atoms with Gasteiger partial charge in [0.25, 0.3) is 5.91 Å². The number of halogens is 1. The number of amides is 1. The third kappa shape index (κ3) is 4.68. The molecule has 0 saturated heterocycles. The van der Waals surface area contributed by atoms with Crippen molar-refractivity contribution in [1.29, 1.82) is 0 Å². The van der Waals surface area contributed by atoms with E-state index in [4.69, 9.17) is 22.4 Å². The Bertz CT molecular complexity index is 934. The first kappa shape index (κ1) is 20.9. The van der Waals surface area contributed by atoms with Crippen LogP contribution in [0, 0.1) is 5.92 Å². The van der Waals surface area contributed by atoms with Gasteiger partial charge < -0.3 is 21.4 Å². The first-order valence-electron chi connectivity index (χ1n) is 10.5. The maximum absolute atomic E-state index is 12.1. The molecule has 3 atom stereocenters. The molecule has 2 saturated carbocycles. The number of rotatable bonds is 7. The largest absolute Gasteiger partial charge is 0.365 e. The van der Waals surface area contributed by atoms with Crippen molar-refractivity contribution in [1.82, 2.24) is 15.1 Å². The Morgan fingerprint density at radius 1 is 1.33 bits per heavy atom. The zero-order chi connectivity index (χ0) is 21.3. The minimum atomic E-state index is -0.504. The summed E-state index contributed by atoms with van der Waals surface area (Å²) in [4.78, 5) is 16.4. The number of aromatic nitrogens is 2. The van der Waals surface area contributed by atoms with Crippen molar-refractivity contribution in [2.45, 2.75) is 56.7 Å². The number of primary amides is 1. The summed E-state index contributed by atoms with van der Waals surface area (Å²) in [6.07, 6.45) is 9.32. The van der Waals surface area contributed by atoms with E-state index >= 15 is 0 Å². The molecule has 160 valence electrons. The second kappa shape index (κ2) is 8.40. The van der Waals surface area contributed by atoms with Crippen LogP contribution in [0.25, 0.3) is 0 Å². The third-order valence-corrected chi connectivity index (χ3v) is 6.45. The van der Waals surface area contributed by atoms with E-state index < -0.39 is 5.91 Å². The summed E-state index contributed by atoms with van der Waals surface area (Å²) in [5.41, 5.74) is 7.12. The molecule has 2 aromatic rings. The molecule has 1 aromatic heterocycles. The predicted molar refractivity (Wildman–Crippen MR) is 121 cm³/mol. The topological polar surface area (TPSA) is 97.3 Å². The van der Waals surface area contributed by atoms with Gasteiger partial charge in [-0.15, -0.1) is 0 Å². The summed E-state index contributed by atoms with van der Waals surface area (Å²) in [7, 11) is 1.81. The number of hydrogen-bond donors (Lipinski definition) is 3. The SMILES string of the molecule is CN=C[C@H]1C[C@@H](NC2(C)CC2)CCC1n1cc(C(N)=O)c(Nc2ccc(Cl)cc2)n1. The van der Waals surface area contributed by atoms with Crippen LogP contribution >= 0.6 is 11.6 Å². The molecule has 30 heavy (non-hydrogen) atoms. The lowest BCUT2D eigenvalue weighted by molar-refractivity contribution is 0.100. The molecule has 1 amide bonds. The van der Waals surface area contributed by atoms with Crippen LogP contribution in [0.15, 0.2) is 35.5 Å². The van der Waals surface area contributed by atoms with Crippen molar-refractivity contribution in [2.24, 2.45) is 16.6 Å². The molecule has 1 unspecified atom stereocenters. The number of hydrogen-bond acceptors (Lipinski definition) is 5. The normalized spacial score (nSPS) is 25.4. The summed E-state index contributed by atoms with van der Waals surface area (Å²) in [6.45, 7) is 2.29. The van der Waals surface area contributed by atoms with Crippen LogP contribution in [0.2, 0.25) is 5.02 Å². The van der Waals surface area contributed by atoms with Gasteiger partial charge in [0.05, 0.1) is 6.04 Å². The first-order chi connectivity index (χ1) is 14.4. The molecule has 2 fully saturated rings. The first-order valence-corrected chi connectivity index (χ1v) is 10.9. The predicted octanol–water partition coefficient (Wildman–Crippen LogP) is 3.93. The number of carbonyl (C=O) groups excluding carboxylic acids is 1. The Labute approximate surface area is 182 Å². The zero-order valence-electron chi connectivity index (χ0n) is 17.4. The van der Waals surface area contributed by atoms with Crippen molar-refractivity contribution < 1.29 is 4.79 Å². The Balaban J connectivity index is 1.55. The lowest BCUT2D eigenvalue weighted by atomic mass is 9.82. The fraction of sp³-hybridized carbons (Fsp3) is 0.500. The summed E-state index contributed by atoms with van der Waals surface area (Å²) < 4.78 is 1.89. The highest BCUT2D eigenvalue weighted by molar-refractivity contribution is 6.30. The van der Waals surface area contributed by atoms with Crippen molar-refractivity contribution in [2.75, 3.05) is 12.4 Å². The summed E-state index contributed by atoms with van der Waals surface area (Å²) in [5.74, 6) is 0.200. The molecule has 4 N–H and O–H groups in total. The third-order valence-electron chi connectivity index (χ3n) is 6.20. The van der Waals surface area contributed by atoms with E-state index in [1.54, 1.807) is 18.3 Å².